The van der Waals surface area contributed by atoms with Crippen molar-refractivity contribution in [3.8, 4) is 0 Å². The molecule has 0 radical (unpaired) electrons. The molecule has 3 heterocycles. The highest BCUT2D eigenvalue weighted by Gasteiger charge is 2.12. The molecule has 8 nitrogen and oxygen atoms in total. The molecule has 0 bridgehead atoms. The molecule has 0 unspecified atom stereocenters. The van der Waals surface area contributed by atoms with Crippen LogP contribution in [0.15, 0.2) is 65.7 Å². The number of amides is 1. The fourth-order valence-corrected chi connectivity index (χ4v) is 3.15. The highest BCUT2D eigenvalue weighted by molar-refractivity contribution is 9.10. The summed E-state index contributed by atoms with van der Waals surface area (Å²) in [4.78, 5) is 12.4. The van der Waals surface area contributed by atoms with Crippen LogP contribution in [0.5, 0.6) is 0 Å². The molecule has 0 atom stereocenters. The molecule has 9 heteroatoms. The Kier molecular flexibility index (Phi) is 5.07. The van der Waals surface area contributed by atoms with E-state index in [1.807, 2.05) is 18.5 Å². The number of aromatic nitrogens is 6. The minimum absolute atomic E-state index is 0.304. The molecule has 142 valence electrons. The predicted octanol–water partition coefficient (Wildman–Crippen LogP) is 3.15. The lowest BCUT2D eigenvalue weighted by atomic mass is 10.1. The van der Waals surface area contributed by atoms with E-state index in [1.54, 1.807) is 38.6 Å². The average Bonchev–Trinajstić information content (AvgIpc) is 3.38. The van der Waals surface area contributed by atoms with Gasteiger partial charge >= 0.3 is 0 Å². The van der Waals surface area contributed by atoms with Crippen LogP contribution < -0.4 is 5.32 Å². The molecule has 1 aromatic carbocycles. The van der Waals surface area contributed by atoms with Crippen molar-refractivity contribution in [1.82, 2.24) is 29.3 Å². The van der Waals surface area contributed by atoms with Crippen LogP contribution in [-0.4, -0.2) is 35.2 Å². The first-order valence-corrected chi connectivity index (χ1v) is 9.46. The molecular formula is C19H18BrN7O. The normalized spacial score (nSPS) is 10.9. The Morgan fingerprint density at radius 3 is 2.75 bits per heavy atom. The zero-order valence-corrected chi connectivity index (χ0v) is 16.7. The average molecular weight is 440 g/mol. The molecule has 3 aromatic heterocycles. The quantitative estimate of drug-likeness (QED) is 0.500. The second-order valence-electron chi connectivity index (χ2n) is 6.42. The van der Waals surface area contributed by atoms with E-state index < -0.39 is 0 Å². The number of nitrogens with zero attached hydrogens (tertiary/aromatic N) is 6. The van der Waals surface area contributed by atoms with Crippen molar-refractivity contribution in [1.29, 1.82) is 0 Å². The SMILES string of the molecule is Cc1cccc(Cn2ccc(NC(=O)c3ccn(Cn4cc(Br)cn4)n3)n2)c1. The summed E-state index contributed by atoms with van der Waals surface area (Å²) in [7, 11) is 0. The van der Waals surface area contributed by atoms with Crippen LogP contribution in [0.3, 0.4) is 0 Å². The van der Waals surface area contributed by atoms with Gasteiger partial charge in [0.1, 0.15) is 6.67 Å². The third kappa shape index (κ3) is 4.37. The molecule has 1 amide bonds. The lowest BCUT2D eigenvalue weighted by Gasteiger charge is -2.03. The van der Waals surface area contributed by atoms with E-state index in [4.69, 9.17) is 0 Å². The Morgan fingerprint density at radius 2 is 1.96 bits per heavy atom. The van der Waals surface area contributed by atoms with Crippen molar-refractivity contribution < 1.29 is 4.79 Å². The summed E-state index contributed by atoms with van der Waals surface area (Å²) in [6.07, 6.45) is 7.11. The van der Waals surface area contributed by atoms with Gasteiger partial charge in [-0.15, -0.1) is 0 Å². The summed E-state index contributed by atoms with van der Waals surface area (Å²) in [5, 5.41) is 15.6. The largest absolute Gasteiger partial charge is 0.304 e. The van der Waals surface area contributed by atoms with Crippen LogP contribution in [0.2, 0.25) is 0 Å². The van der Waals surface area contributed by atoms with Crippen molar-refractivity contribution in [2.24, 2.45) is 0 Å². The van der Waals surface area contributed by atoms with Gasteiger partial charge in [0.05, 0.1) is 17.2 Å². The summed E-state index contributed by atoms with van der Waals surface area (Å²) in [5.41, 5.74) is 2.68. The number of anilines is 1. The molecule has 0 spiro atoms. The van der Waals surface area contributed by atoms with Crippen molar-refractivity contribution in [2.75, 3.05) is 5.32 Å². The second-order valence-corrected chi connectivity index (χ2v) is 7.34. The summed E-state index contributed by atoms with van der Waals surface area (Å²) < 4.78 is 6.04. The van der Waals surface area contributed by atoms with E-state index in [2.05, 4.69) is 61.7 Å². The molecule has 28 heavy (non-hydrogen) atoms. The molecule has 0 aliphatic carbocycles. The van der Waals surface area contributed by atoms with Gasteiger partial charge in [-0.1, -0.05) is 29.8 Å². The zero-order chi connectivity index (χ0) is 19.5. The van der Waals surface area contributed by atoms with E-state index in [0.29, 0.717) is 24.7 Å². The van der Waals surface area contributed by atoms with Crippen LogP contribution in [0, 0.1) is 6.92 Å². The Morgan fingerprint density at radius 1 is 1.11 bits per heavy atom. The zero-order valence-electron chi connectivity index (χ0n) is 15.2. The molecule has 0 aliphatic rings. The Bertz CT molecular complexity index is 1110. The predicted molar refractivity (Wildman–Crippen MR) is 108 cm³/mol. The van der Waals surface area contributed by atoms with Gasteiger partial charge in [0.25, 0.3) is 5.91 Å². The Labute approximate surface area is 169 Å². The molecule has 0 saturated carbocycles. The number of rotatable bonds is 6. The van der Waals surface area contributed by atoms with Gasteiger partial charge in [-0.25, -0.2) is 4.68 Å². The number of aryl methyl sites for hydroxylation is 1. The van der Waals surface area contributed by atoms with Gasteiger partial charge in [-0.3, -0.25) is 14.2 Å². The number of carbonyl (C=O) groups excluding carboxylic acids is 1. The van der Waals surface area contributed by atoms with Gasteiger partial charge in [0.15, 0.2) is 11.5 Å². The maximum Gasteiger partial charge on any atom is 0.277 e. The van der Waals surface area contributed by atoms with E-state index >= 15 is 0 Å². The van der Waals surface area contributed by atoms with Crippen LogP contribution in [0.4, 0.5) is 5.82 Å². The van der Waals surface area contributed by atoms with E-state index in [-0.39, 0.29) is 5.91 Å². The van der Waals surface area contributed by atoms with E-state index in [9.17, 15) is 4.79 Å². The van der Waals surface area contributed by atoms with Crippen molar-refractivity contribution in [3.05, 3.63) is 82.5 Å². The fraction of sp³-hybridized carbons (Fsp3) is 0.158. The van der Waals surface area contributed by atoms with Crippen LogP contribution in [-0.2, 0) is 13.2 Å². The van der Waals surface area contributed by atoms with Gasteiger partial charge < -0.3 is 5.32 Å². The third-order valence-corrected chi connectivity index (χ3v) is 4.48. The highest BCUT2D eigenvalue weighted by Crippen LogP contribution is 2.10. The van der Waals surface area contributed by atoms with Crippen molar-refractivity contribution in [2.45, 2.75) is 20.1 Å². The lowest BCUT2D eigenvalue weighted by Crippen LogP contribution is -2.15. The minimum Gasteiger partial charge on any atom is -0.304 e. The summed E-state index contributed by atoms with van der Waals surface area (Å²) >= 11 is 3.35. The number of hydrogen-bond acceptors (Lipinski definition) is 4. The maximum absolute atomic E-state index is 12.4. The molecule has 4 rings (SSSR count). The number of halogens is 1. The number of hydrogen-bond donors (Lipinski definition) is 1. The van der Waals surface area contributed by atoms with Crippen LogP contribution >= 0.6 is 15.9 Å². The van der Waals surface area contributed by atoms with Crippen LogP contribution in [0.25, 0.3) is 0 Å². The van der Waals surface area contributed by atoms with Crippen LogP contribution in [0.1, 0.15) is 21.6 Å². The van der Waals surface area contributed by atoms with Gasteiger partial charge in [-0.2, -0.15) is 15.3 Å². The summed E-state index contributed by atoms with van der Waals surface area (Å²) in [5.74, 6) is 0.185. The Balaban J connectivity index is 1.38. The topological polar surface area (TPSA) is 82.6 Å². The van der Waals surface area contributed by atoms with Crippen molar-refractivity contribution >= 4 is 27.7 Å². The first kappa shape index (κ1) is 18.2. The number of carbonyl (C=O) groups is 1. The third-order valence-electron chi connectivity index (χ3n) is 4.07. The summed E-state index contributed by atoms with van der Waals surface area (Å²) in [6.45, 7) is 3.12. The molecule has 0 fully saturated rings. The highest BCUT2D eigenvalue weighted by atomic mass is 79.9. The van der Waals surface area contributed by atoms with Gasteiger partial charge in [0, 0.05) is 24.7 Å². The first-order valence-electron chi connectivity index (χ1n) is 8.67. The fourth-order valence-electron chi connectivity index (χ4n) is 2.82. The minimum atomic E-state index is -0.304. The second kappa shape index (κ2) is 7.81. The standard InChI is InChI=1S/C19H18BrN7O/c1-14-3-2-4-15(9-14)11-25-8-6-18(24-25)22-19(28)17-5-7-26(23-17)13-27-12-16(20)10-21-27/h2-10,12H,11,13H2,1H3,(H,22,24,28). The summed E-state index contributed by atoms with van der Waals surface area (Å²) in [6, 6.07) is 11.7. The molecular weight excluding hydrogens is 422 g/mol. The number of benzene rings is 1. The molecule has 0 saturated heterocycles. The molecule has 0 aliphatic heterocycles. The van der Waals surface area contributed by atoms with Crippen molar-refractivity contribution in [3.63, 3.8) is 0 Å². The molecule has 4 aromatic rings. The van der Waals surface area contributed by atoms with Gasteiger partial charge in [0.2, 0.25) is 0 Å². The van der Waals surface area contributed by atoms with E-state index in [0.717, 1.165) is 10.0 Å². The maximum atomic E-state index is 12.4. The smallest absolute Gasteiger partial charge is 0.277 e. The van der Waals surface area contributed by atoms with Gasteiger partial charge in [-0.05, 0) is 34.5 Å². The lowest BCUT2D eigenvalue weighted by molar-refractivity contribution is 0.102. The number of nitrogens with one attached hydrogen (secondary N) is 1. The monoisotopic (exact) mass is 439 g/mol. The van der Waals surface area contributed by atoms with E-state index in [1.165, 1.54) is 5.56 Å². The first-order chi connectivity index (χ1) is 13.5. The molecule has 1 N–H and O–H groups in total. The Hall–Kier alpha value is -3.20.